The fourth-order valence-corrected chi connectivity index (χ4v) is 5.05. The molecule has 23 heavy (non-hydrogen) atoms. The van der Waals surface area contributed by atoms with Gasteiger partial charge in [-0.2, -0.15) is 5.10 Å². The topological polar surface area (TPSA) is 55.4 Å². The van der Waals surface area contributed by atoms with Crippen molar-refractivity contribution in [3.8, 4) is 0 Å². The molecular weight excluding hydrogens is 308 g/mol. The molecular formula is C17H20N4OS. The van der Waals surface area contributed by atoms with Crippen molar-refractivity contribution in [2.75, 3.05) is 0 Å². The van der Waals surface area contributed by atoms with E-state index in [9.17, 15) is 5.11 Å². The Morgan fingerprint density at radius 1 is 1.17 bits per heavy atom. The van der Waals surface area contributed by atoms with Crippen molar-refractivity contribution in [3.05, 3.63) is 41.1 Å². The van der Waals surface area contributed by atoms with E-state index in [1.165, 1.54) is 43.4 Å². The minimum Gasteiger partial charge on any atom is -0.382 e. The minimum absolute atomic E-state index is 0.509. The molecule has 2 aliphatic rings. The van der Waals surface area contributed by atoms with E-state index >= 15 is 0 Å². The summed E-state index contributed by atoms with van der Waals surface area (Å²) in [6, 6.07) is 0.509. The van der Waals surface area contributed by atoms with E-state index in [-0.39, 0.29) is 0 Å². The molecule has 0 aromatic carbocycles. The zero-order chi connectivity index (χ0) is 15.4. The van der Waals surface area contributed by atoms with Crippen LogP contribution in [0.3, 0.4) is 0 Å². The minimum atomic E-state index is -0.622. The van der Waals surface area contributed by atoms with Crippen molar-refractivity contribution in [2.24, 2.45) is 0 Å². The molecule has 2 fully saturated rings. The maximum Gasteiger partial charge on any atom is 0.124 e. The Morgan fingerprint density at radius 2 is 2.00 bits per heavy atom. The van der Waals surface area contributed by atoms with E-state index in [2.05, 4.69) is 19.2 Å². The predicted molar refractivity (Wildman–Crippen MR) is 88.8 cm³/mol. The van der Waals surface area contributed by atoms with Crippen LogP contribution >= 0.6 is 11.3 Å². The SMILES string of the molecule is OC(c1cnn(C2CCCC2)c1)c1c(C2CC2)sc2cncn12. The van der Waals surface area contributed by atoms with Crippen LogP contribution in [-0.2, 0) is 0 Å². The van der Waals surface area contributed by atoms with E-state index in [0.29, 0.717) is 12.0 Å². The lowest BCUT2D eigenvalue weighted by molar-refractivity contribution is 0.213. The second-order valence-corrected chi connectivity index (χ2v) is 7.88. The van der Waals surface area contributed by atoms with Gasteiger partial charge >= 0.3 is 0 Å². The van der Waals surface area contributed by atoms with Crippen molar-refractivity contribution in [1.29, 1.82) is 0 Å². The molecule has 0 amide bonds. The number of aliphatic hydroxyl groups excluding tert-OH is 1. The van der Waals surface area contributed by atoms with Gasteiger partial charge in [0.25, 0.3) is 0 Å². The lowest BCUT2D eigenvalue weighted by Crippen LogP contribution is -2.06. The lowest BCUT2D eigenvalue weighted by atomic mass is 10.1. The zero-order valence-electron chi connectivity index (χ0n) is 12.9. The molecule has 1 unspecified atom stereocenters. The first kappa shape index (κ1) is 13.7. The van der Waals surface area contributed by atoms with Crippen LogP contribution in [0.25, 0.3) is 4.83 Å². The van der Waals surface area contributed by atoms with Gasteiger partial charge in [0.2, 0.25) is 0 Å². The standard InChI is InChI=1S/C17H20N4OS/c22-16(12-7-19-21(9-12)13-3-1-2-4-13)15-17(11-5-6-11)23-14-8-18-10-20(14)15/h7-11,13,16,22H,1-6H2. The third-order valence-corrected chi connectivity index (χ3v) is 6.45. The van der Waals surface area contributed by atoms with E-state index in [4.69, 9.17) is 0 Å². The molecule has 1 N–H and O–H groups in total. The van der Waals surface area contributed by atoms with Gasteiger partial charge in [0.1, 0.15) is 17.3 Å². The summed E-state index contributed by atoms with van der Waals surface area (Å²) in [5, 5.41) is 15.5. The molecule has 120 valence electrons. The van der Waals surface area contributed by atoms with Crippen LogP contribution in [0, 0.1) is 0 Å². The first-order chi connectivity index (χ1) is 11.3. The first-order valence-electron chi connectivity index (χ1n) is 8.48. The number of fused-ring (bicyclic) bond motifs is 1. The summed E-state index contributed by atoms with van der Waals surface area (Å²) in [7, 11) is 0. The van der Waals surface area contributed by atoms with Crippen LogP contribution in [-0.4, -0.2) is 24.3 Å². The predicted octanol–water partition coefficient (Wildman–Crippen LogP) is 3.67. The first-order valence-corrected chi connectivity index (χ1v) is 9.29. The summed E-state index contributed by atoms with van der Waals surface area (Å²) < 4.78 is 4.11. The molecule has 6 heteroatoms. The largest absolute Gasteiger partial charge is 0.382 e. The van der Waals surface area contributed by atoms with Crippen LogP contribution in [0.15, 0.2) is 24.9 Å². The normalized spacial score (nSPS) is 20.6. The number of aliphatic hydroxyl groups is 1. The molecule has 3 heterocycles. The number of thiazole rings is 1. The molecule has 0 bridgehead atoms. The van der Waals surface area contributed by atoms with Gasteiger partial charge in [-0.05, 0) is 31.6 Å². The van der Waals surface area contributed by atoms with Crippen molar-refractivity contribution < 1.29 is 5.11 Å². The average molecular weight is 328 g/mol. The fraction of sp³-hybridized carbons (Fsp3) is 0.529. The number of imidazole rings is 1. The number of rotatable bonds is 4. The highest BCUT2D eigenvalue weighted by atomic mass is 32.1. The van der Waals surface area contributed by atoms with Crippen LogP contribution in [0.1, 0.15) is 72.7 Å². The maximum atomic E-state index is 11.0. The Labute approximate surface area is 138 Å². The summed E-state index contributed by atoms with van der Waals surface area (Å²) in [5.41, 5.74) is 1.89. The molecule has 0 radical (unpaired) electrons. The maximum absolute atomic E-state index is 11.0. The van der Waals surface area contributed by atoms with Gasteiger partial charge in [0.15, 0.2) is 0 Å². The summed E-state index contributed by atoms with van der Waals surface area (Å²) in [4.78, 5) is 6.67. The highest BCUT2D eigenvalue weighted by Gasteiger charge is 2.33. The van der Waals surface area contributed by atoms with Crippen LogP contribution < -0.4 is 0 Å². The fourth-order valence-electron chi connectivity index (χ4n) is 3.75. The summed E-state index contributed by atoms with van der Waals surface area (Å²) in [6.45, 7) is 0. The molecule has 0 spiro atoms. The number of hydrogen-bond donors (Lipinski definition) is 1. The van der Waals surface area contributed by atoms with Crippen LogP contribution in [0.2, 0.25) is 0 Å². The van der Waals surface area contributed by atoms with Crippen molar-refractivity contribution in [2.45, 2.75) is 56.6 Å². The van der Waals surface area contributed by atoms with Crippen molar-refractivity contribution in [3.63, 3.8) is 0 Å². The molecule has 5 rings (SSSR count). The Hall–Kier alpha value is -1.66. The van der Waals surface area contributed by atoms with Crippen LogP contribution in [0.4, 0.5) is 0 Å². The monoisotopic (exact) mass is 328 g/mol. The van der Waals surface area contributed by atoms with E-state index < -0.39 is 6.10 Å². The number of aromatic nitrogens is 4. The Morgan fingerprint density at radius 3 is 2.78 bits per heavy atom. The quantitative estimate of drug-likeness (QED) is 0.795. The molecule has 0 aliphatic heterocycles. The van der Waals surface area contributed by atoms with Gasteiger partial charge in [0.05, 0.1) is 24.1 Å². The van der Waals surface area contributed by atoms with Gasteiger partial charge < -0.3 is 5.11 Å². The van der Waals surface area contributed by atoms with Crippen LogP contribution in [0.5, 0.6) is 0 Å². The Bertz CT molecular complexity index is 838. The molecule has 2 saturated carbocycles. The third kappa shape index (κ3) is 2.23. The summed E-state index contributed by atoms with van der Waals surface area (Å²) in [5.74, 6) is 0.620. The smallest absolute Gasteiger partial charge is 0.124 e. The van der Waals surface area contributed by atoms with Gasteiger partial charge in [-0.15, -0.1) is 11.3 Å². The van der Waals surface area contributed by atoms with Gasteiger partial charge in [-0.3, -0.25) is 9.08 Å². The second kappa shape index (κ2) is 5.18. The highest BCUT2D eigenvalue weighted by Crippen LogP contribution is 2.47. The summed E-state index contributed by atoms with van der Waals surface area (Å²) in [6.07, 6.45) is 14.4. The second-order valence-electron chi connectivity index (χ2n) is 6.82. The molecule has 5 nitrogen and oxygen atoms in total. The van der Waals surface area contributed by atoms with Gasteiger partial charge in [-0.25, -0.2) is 4.98 Å². The Kier molecular flexibility index (Phi) is 3.09. The number of hydrogen-bond acceptors (Lipinski definition) is 4. The lowest BCUT2D eigenvalue weighted by Gasteiger charge is -2.12. The molecule has 3 aromatic rings. The van der Waals surface area contributed by atoms with E-state index in [0.717, 1.165) is 16.1 Å². The zero-order valence-corrected chi connectivity index (χ0v) is 13.7. The highest BCUT2D eigenvalue weighted by molar-refractivity contribution is 7.17. The van der Waals surface area contributed by atoms with Gasteiger partial charge in [0, 0.05) is 16.6 Å². The molecule has 1 atom stereocenters. The van der Waals surface area contributed by atoms with E-state index in [1.54, 1.807) is 11.3 Å². The van der Waals surface area contributed by atoms with Crippen molar-refractivity contribution >= 4 is 16.2 Å². The molecule has 0 saturated heterocycles. The Balaban J connectivity index is 1.53. The molecule has 3 aromatic heterocycles. The van der Waals surface area contributed by atoms with Crippen molar-refractivity contribution in [1.82, 2.24) is 19.2 Å². The average Bonchev–Trinajstić information content (AvgIpc) is 3.02. The molecule has 2 aliphatic carbocycles. The third-order valence-electron chi connectivity index (χ3n) is 5.17. The number of nitrogens with zero attached hydrogens (tertiary/aromatic N) is 4. The summed E-state index contributed by atoms with van der Waals surface area (Å²) >= 11 is 1.77. The van der Waals surface area contributed by atoms with E-state index in [1.807, 2.05) is 24.9 Å². The van der Waals surface area contributed by atoms with Gasteiger partial charge in [-0.1, -0.05) is 12.8 Å².